The van der Waals surface area contributed by atoms with E-state index in [0.29, 0.717) is 19.6 Å². The topological polar surface area (TPSA) is 63.2 Å². The Morgan fingerprint density at radius 2 is 2.44 bits per heavy atom. The molecule has 0 radical (unpaired) electrons. The normalized spacial score (nSPS) is 18.3. The predicted octanol–water partition coefficient (Wildman–Crippen LogP) is 0.981. The number of hydrogen-bond acceptors (Lipinski definition) is 5. The molecule has 1 fully saturated rings. The van der Waals surface area contributed by atoms with Crippen LogP contribution in [-0.4, -0.2) is 36.7 Å². The van der Waals surface area contributed by atoms with Crippen LogP contribution >= 0.6 is 36.2 Å². The van der Waals surface area contributed by atoms with Gasteiger partial charge in [0, 0.05) is 24.7 Å². The lowest BCUT2D eigenvalue weighted by Crippen LogP contribution is -2.41. The molecule has 8 heteroatoms. The highest BCUT2D eigenvalue weighted by Crippen LogP contribution is 2.04. The number of carbonyl (C=O) groups excluding carboxylic acids is 1. The zero-order chi connectivity index (χ0) is 11.2. The first-order valence-corrected chi connectivity index (χ1v) is 6.20. The second-order valence-electron chi connectivity index (χ2n) is 3.60. The van der Waals surface area contributed by atoms with Gasteiger partial charge in [-0.1, -0.05) is 0 Å². The van der Waals surface area contributed by atoms with Gasteiger partial charge in [-0.3, -0.25) is 4.79 Å². The number of rotatable bonds is 4. The Kier molecular flexibility index (Phi) is 9.31. The fourth-order valence-corrected chi connectivity index (χ4v) is 2.10. The molecule has 0 aromatic carbocycles. The molecule has 1 aromatic heterocycles. The second-order valence-corrected chi connectivity index (χ2v) is 4.58. The Labute approximate surface area is 123 Å². The van der Waals surface area contributed by atoms with Crippen molar-refractivity contribution in [1.29, 1.82) is 0 Å². The summed E-state index contributed by atoms with van der Waals surface area (Å²) in [5, 5.41) is 8.85. The molecule has 2 N–H and O–H groups in total. The van der Waals surface area contributed by atoms with E-state index in [9.17, 15) is 4.79 Å². The molecule has 18 heavy (non-hydrogen) atoms. The SMILES string of the molecule is Cl.Cl.O=C(CC1CNCCO1)NCc1nccs1. The van der Waals surface area contributed by atoms with E-state index >= 15 is 0 Å². The Balaban J connectivity index is 0.00000144. The zero-order valence-corrected chi connectivity index (χ0v) is 12.2. The minimum Gasteiger partial charge on any atom is -0.375 e. The van der Waals surface area contributed by atoms with Crippen LogP contribution in [0.2, 0.25) is 0 Å². The fourth-order valence-electron chi connectivity index (χ4n) is 1.54. The van der Waals surface area contributed by atoms with E-state index in [0.717, 1.165) is 18.1 Å². The van der Waals surface area contributed by atoms with Crippen LogP contribution in [0.5, 0.6) is 0 Å². The molecule has 0 aliphatic carbocycles. The summed E-state index contributed by atoms with van der Waals surface area (Å²) in [6.45, 7) is 2.82. The van der Waals surface area contributed by atoms with Crippen molar-refractivity contribution < 1.29 is 9.53 Å². The smallest absolute Gasteiger partial charge is 0.223 e. The number of halogens is 2. The van der Waals surface area contributed by atoms with Gasteiger partial charge in [-0.2, -0.15) is 0 Å². The number of aromatic nitrogens is 1. The first kappa shape index (κ1) is 17.6. The molecule has 0 saturated carbocycles. The third kappa shape index (κ3) is 5.97. The number of morpholine rings is 1. The molecular formula is C10H17Cl2N3O2S. The standard InChI is InChI=1S/C10H15N3O2S.2ClH/c14-9(5-8-6-11-1-3-15-8)13-7-10-12-2-4-16-10;;/h2,4,8,11H,1,3,5-7H2,(H,13,14);2*1H. The highest BCUT2D eigenvalue weighted by molar-refractivity contribution is 7.09. The van der Waals surface area contributed by atoms with E-state index in [4.69, 9.17) is 4.74 Å². The van der Waals surface area contributed by atoms with Gasteiger partial charge in [0.1, 0.15) is 5.01 Å². The Bertz CT molecular complexity index is 332. The van der Waals surface area contributed by atoms with Crippen LogP contribution in [0, 0.1) is 0 Å². The van der Waals surface area contributed by atoms with Crippen LogP contribution in [0.15, 0.2) is 11.6 Å². The summed E-state index contributed by atoms with van der Waals surface area (Å²) in [4.78, 5) is 15.7. The van der Waals surface area contributed by atoms with Crippen molar-refractivity contribution in [1.82, 2.24) is 15.6 Å². The van der Waals surface area contributed by atoms with Crippen molar-refractivity contribution in [2.45, 2.75) is 19.1 Å². The van der Waals surface area contributed by atoms with Gasteiger partial charge in [-0.25, -0.2) is 4.98 Å². The zero-order valence-electron chi connectivity index (χ0n) is 9.76. The summed E-state index contributed by atoms with van der Waals surface area (Å²) in [6.07, 6.45) is 2.16. The lowest BCUT2D eigenvalue weighted by Gasteiger charge is -2.22. The van der Waals surface area contributed by atoms with E-state index in [-0.39, 0.29) is 36.8 Å². The molecule has 104 valence electrons. The predicted molar refractivity (Wildman–Crippen MR) is 75.7 cm³/mol. The summed E-state index contributed by atoms with van der Waals surface area (Å²) >= 11 is 1.54. The van der Waals surface area contributed by atoms with E-state index in [1.165, 1.54) is 0 Å². The average Bonchev–Trinajstić information content (AvgIpc) is 2.81. The molecule has 1 amide bonds. The lowest BCUT2D eigenvalue weighted by molar-refractivity contribution is -0.124. The van der Waals surface area contributed by atoms with Crippen LogP contribution in [-0.2, 0) is 16.1 Å². The maximum atomic E-state index is 11.6. The number of amides is 1. The van der Waals surface area contributed by atoms with Crippen molar-refractivity contribution in [3.63, 3.8) is 0 Å². The van der Waals surface area contributed by atoms with E-state index in [1.54, 1.807) is 17.5 Å². The van der Waals surface area contributed by atoms with Crippen LogP contribution in [0.1, 0.15) is 11.4 Å². The van der Waals surface area contributed by atoms with Gasteiger partial charge in [0.05, 0.1) is 25.7 Å². The molecule has 2 rings (SSSR count). The minimum absolute atomic E-state index is 0. The van der Waals surface area contributed by atoms with Gasteiger partial charge < -0.3 is 15.4 Å². The van der Waals surface area contributed by atoms with E-state index in [1.807, 2.05) is 5.38 Å². The van der Waals surface area contributed by atoms with Gasteiger partial charge in [0.25, 0.3) is 0 Å². The highest BCUT2D eigenvalue weighted by Gasteiger charge is 2.16. The third-order valence-electron chi connectivity index (χ3n) is 2.34. The second kappa shape index (κ2) is 9.52. The highest BCUT2D eigenvalue weighted by atomic mass is 35.5. The quantitative estimate of drug-likeness (QED) is 0.870. The summed E-state index contributed by atoms with van der Waals surface area (Å²) in [5.41, 5.74) is 0. The maximum Gasteiger partial charge on any atom is 0.223 e. The molecule has 2 heterocycles. The van der Waals surface area contributed by atoms with Gasteiger partial charge in [-0.05, 0) is 0 Å². The van der Waals surface area contributed by atoms with Crippen molar-refractivity contribution in [2.24, 2.45) is 0 Å². The average molecular weight is 314 g/mol. The van der Waals surface area contributed by atoms with E-state index in [2.05, 4.69) is 15.6 Å². The monoisotopic (exact) mass is 313 g/mol. The summed E-state index contributed by atoms with van der Waals surface area (Å²) in [5.74, 6) is 0.0175. The maximum absolute atomic E-state index is 11.6. The summed E-state index contributed by atoms with van der Waals surface area (Å²) in [6, 6.07) is 0. The molecule has 1 saturated heterocycles. The third-order valence-corrected chi connectivity index (χ3v) is 3.12. The van der Waals surface area contributed by atoms with Crippen LogP contribution in [0.4, 0.5) is 0 Å². The van der Waals surface area contributed by atoms with Crippen molar-refractivity contribution in [3.8, 4) is 0 Å². The van der Waals surface area contributed by atoms with Gasteiger partial charge in [0.2, 0.25) is 5.91 Å². The minimum atomic E-state index is 0. The molecular weight excluding hydrogens is 297 g/mol. The van der Waals surface area contributed by atoms with Crippen molar-refractivity contribution in [3.05, 3.63) is 16.6 Å². The van der Waals surface area contributed by atoms with Gasteiger partial charge in [-0.15, -0.1) is 36.2 Å². The molecule has 1 aromatic rings. The molecule has 0 spiro atoms. The molecule has 5 nitrogen and oxygen atoms in total. The number of ether oxygens (including phenoxy) is 1. The Morgan fingerprint density at radius 3 is 3.06 bits per heavy atom. The molecule has 1 atom stereocenters. The summed E-state index contributed by atoms with van der Waals surface area (Å²) < 4.78 is 5.45. The first-order valence-electron chi connectivity index (χ1n) is 5.32. The largest absolute Gasteiger partial charge is 0.375 e. The van der Waals surface area contributed by atoms with Crippen molar-refractivity contribution >= 4 is 42.1 Å². The van der Waals surface area contributed by atoms with Crippen LogP contribution in [0.25, 0.3) is 0 Å². The summed E-state index contributed by atoms with van der Waals surface area (Å²) in [7, 11) is 0. The number of carbonyl (C=O) groups is 1. The van der Waals surface area contributed by atoms with Gasteiger partial charge in [0.15, 0.2) is 0 Å². The molecule has 1 unspecified atom stereocenters. The first-order chi connectivity index (χ1) is 7.84. The van der Waals surface area contributed by atoms with Gasteiger partial charge >= 0.3 is 0 Å². The lowest BCUT2D eigenvalue weighted by atomic mass is 10.2. The fraction of sp³-hybridized carbons (Fsp3) is 0.600. The molecule has 0 bridgehead atoms. The number of hydrogen-bond donors (Lipinski definition) is 2. The van der Waals surface area contributed by atoms with Crippen molar-refractivity contribution in [2.75, 3.05) is 19.7 Å². The molecule has 1 aliphatic rings. The van der Waals surface area contributed by atoms with Crippen LogP contribution in [0.3, 0.4) is 0 Å². The molecule has 1 aliphatic heterocycles. The Morgan fingerprint density at radius 1 is 1.61 bits per heavy atom. The number of nitrogens with zero attached hydrogens (tertiary/aromatic N) is 1. The number of nitrogens with one attached hydrogen (secondary N) is 2. The van der Waals surface area contributed by atoms with E-state index < -0.39 is 0 Å². The number of thiazole rings is 1. The van der Waals surface area contributed by atoms with Crippen LogP contribution < -0.4 is 10.6 Å². The Hall–Kier alpha value is -0.400.